The van der Waals surface area contributed by atoms with Crippen LogP contribution in [0.15, 0.2) is 0 Å². The van der Waals surface area contributed by atoms with Gasteiger partial charge in [0.25, 0.3) is 5.91 Å². The maximum absolute atomic E-state index is 13.8. The Morgan fingerprint density at radius 3 is 2.71 bits per heavy atom. The second-order valence-electron chi connectivity index (χ2n) is 10.6. The first-order valence-corrected chi connectivity index (χ1v) is 12.7. The minimum atomic E-state index is -0.199. The fourth-order valence-electron chi connectivity index (χ4n) is 7.27. The van der Waals surface area contributed by atoms with Crippen LogP contribution in [-0.4, -0.2) is 48.6 Å². The molecule has 4 unspecified atom stereocenters. The molecule has 168 valence electrons. The van der Waals surface area contributed by atoms with Crippen LogP contribution in [0.4, 0.5) is 5.00 Å². The van der Waals surface area contributed by atoms with Crippen LogP contribution in [0.2, 0.25) is 0 Å². The molecule has 2 aliphatic heterocycles. The highest BCUT2D eigenvalue weighted by atomic mass is 32.1. The van der Waals surface area contributed by atoms with Crippen LogP contribution >= 0.6 is 11.3 Å². The van der Waals surface area contributed by atoms with Crippen molar-refractivity contribution in [2.75, 3.05) is 25.1 Å². The number of amides is 2. The normalized spacial score (nSPS) is 38.4. The van der Waals surface area contributed by atoms with Gasteiger partial charge in [-0.2, -0.15) is 0 Å². The third kappa shape index (κ3) is 3.10. The number of thiophene rings is 1. The van der Waals surface area contributed by atoms with Gasteiger partial charge in [-0.1, -0.05) is 0 Å². The van der Waals surface area contributed by atoms with Gasteiger partial charge in [0.05, 0.1) is 42.9 Å². The predicted molar refractivity (Wildman–Crippen MR) is 118 cm³/mol. The van der Waals surface area contributed by atoms with Crippen LogP contribution in [0.1, 0.15) is 66.8 Å². The van der Waals surface area contributed by atoms with Gasteiger partial charge in [-0.25, -0.2) is 0 Å². The summed E-state index contributed by atoms with van der Waals surface area (Å²) in [4.78, 5) is 30.5. The van der Waals surface area contributed by atoms with E-state index in [0.29, 0.717) is 37.8 Å². The van der Waals surface area contributed by atoms with Crippen LogP contribution in [0, 0.1) is 23.2 Å². The molecule has 6 nitrogen and oxygen atoms in total. The quantitative estimate of drug-likeness (QED) is 0.769. The van der Waals surface area contributed by atoms with Crippen molar-refractivity contribution in [2.24, 2.45) is 23.2 Å². The first kappa shape index (κ1) is 20.2. The number of fused-ring (bicyclic) bond motifs is 1. The summed E-state index contributed by atoms with van der Waals surface area (Å²) in [5.41, 5.74) is 1.60. The summed E-state index contributed by atoms with van der Waals surface area (Å²) in [7, 11) is 0. The monoisotopic (exact) mass is 444 g/mol. The van der Waals surface area contributed by atoms with Gasteiger partial charge in [0.15, 0.2) is 0 Å². The van der Waals surface area contributed by atoms with Crippen LogP contribution < -0.4 is 5.32 Å². The van der Waals surface area contributed by atoms with Crippen molar-refractivity contribution in [1.82, 2.24) is 4.90 Å². The van der Waals surface area contributed by atoms with E-state index in [9.17, 15) is 9.59 Å². The van der Waals surface area contributed by atoms with Crippen LogP contribution in [0.3, 0.4) is 0 Å². The van der Waals surface area contributed by atoms with E-state index < -0.39 is 0 Å². The first-order chi connectivity index (χ1) is 14.9. The number of carbonyl (C=O) groups excluding carboxylic acids is 2. The molecule has 1 N–H and O–H groups in total. The van der Waals surface area contributed by atoms with Crippen LogP contribution in [0.25, 0.3) is 0 Å². The molecule has 7 heteroatoms. The molecule has 0 aromatic carbocycles. The van der Waals surface area contributed by atoms with Gasteiger partial charge in [0, 0.05) is 11.4 Å². The molecule has 2 amide bonds. The Morgan fingerprint density at radius 1 is 1.16 bits per heavy atom. The number of nitrogens with one attached hydrogen (secondary N) is 1. The maximum atomic E-state index is 13.8. The molecule has 1 aromatic rings. The Balaban J connectivity index is 1.33. The minimum Gasteiger partial charge on any atom is -0.376 e. The van der Waals surface area contributed by atoms with E-state index >= 15 is 0 Å². The Hall–Kier alpha value is -1.44. The van der Waals surface area contributed by atoms with Crippen molar-refractivity contribution in [3.8, 4) is 0 Å². The lowest BCUT2D eigenvalue weighted by Crippen LogP contribution is -2.50. The van der Waals surface area contributed by atoms with E-state index in [1.807, 2.05) is 18.7 Å². The van der Waals surface area contributed by atoms with Gasteiger partial charge in [0.1, 0.15) is 5.00 Å². The molecule has 5 fully saturated rings. The number of hydrogen-bond donors (Lipinski definition) is 1. The van der Waals surface area contributed by atoms with Gasteiger partial charge in [-0.05, 0) is 75.7 Å². The van der Waals surface area contributed by atoms with E-state index in [1.54, 1.807) is 11.3 Å². The highest BCUT2D eigenvalue weighted by molar-refractivity contribution is 7.17. The second-order valence-corrected chi connectivity index (χ2v) is 11.7. The number of ether oxygens (including phenoxy) is 2. The molecule has 4 bridgehead atoms. The zero-order chi connectivity index (χ0) is 21.3. The summed E-state index contributed by atoms with van der Waals surface area (Å²) < 4.78 is 11.4. The molecule has 7 rings (SSSR count). The SMILES string of the molecule is CC1CN(C(=O)c2c(NC(=O)C34CC5CC(CC3C5)C4)sc3c2CCOC3)C(C)CO1. The van der Waals surface area contributed by atoms with Crippen molar-refractivity contribution in [3.05, 3.63) is 16.0 Å². The summed E-state index contributed by atoms with van der Waals surface area (Å²) in [6.07, 6.45) is 6.58. The Bertz CT molecular complexity index is 913. The van der Waals surface area contributed by atoms with Crippen LogP contribution in [0.5, 0.6) is 0 Å². The Kier molecular flexibility index (Phi) is 4.75. The number of morpholine rings is 1. The fourth-order valence-corrected chi connectivity index (χ4v) is 8.44. The lowest BCUT2D eigenvalue weighted by atomic mass is 9.75. The van der Waals surface area contributed by atoms with Crippen molar-refractivity contribution >= 4 is 28.2 Å². The summed E-state index contributed by atoms with van der Waals surface area (Å²) >= 11 is 1.55. The number of nitrogens with zero attached hydrogens (tertiary/aromatic N) is 1. The molecule has 0 spiro atoms. The summed E-state index contributed by atoms with van der Waals surface area (Å²) in [5.74, 6) is 2.19. The Morgan fingerprint density at radius 2 is 1.94 bits per heavy atom. The van der Waals surface area contributed by atoms with Gasteiger partial charge in [0.2, 0.25) is 5.91 Å². The number of hydrogen-bond acceptors (Lipinski definition) is 5. The van der Waals surface area contributed by atoms with Gasteiger partial charge < -0.3 is 19.7 Å². The number of rotatable bonds is 3. The lowest BCUT2D eigenvalue weighted by molar-refractivity contribution is -0.127. The smallest absolute Gasteiger partial charge is 0.257 e. The topological polar surface area (TPSA) is 67.9 Å². The predicted octanol–water partition coefficient (Wildman–Crippen LogP) is 3.84. The number of anilines is 1. The average molecular weight is 445 g/mol. The molecule has 4 atom stereocenters. The van der Waals surface area contributed by atoms with E-state index in [4.69, 9.17) is 9.47 Å². The molecule has 3 heterocycles. The second kappa shape index (κ2) is 7.29. The van der Waals surface area contributed by atoms with Crippen molar-refractivity contribution in [2.45, 2.75) is 71.1 Å². The molecule has 1 aromatic heterocycles. The maximum Gasteiger partial charge on any atom is 0.257 e. The fraction of sp³-hybridized carbons (Fsp3) is 0.750. The molecule has 1 saturated heterocycles. The Labute approximate surface area is 187 Å². The highest BCUT2D eigenvalue weighted by Crippen LogP contribution is 2.65. The van der Waals surface area contributed by atoms with E-state index in [1.165, 1.54) is 19.3 Å². The number of carbonyl (C=O) groups is 2. The zero-order valence-electron chi connectivity index (χ0n) is 18.4. The third-order valence-electron chi connectivity index (χ3n) is 8.57. The van der Waals surface area contributed by atoms with Gasteiger partial charge >= 0.3 is 0 Å². The van der Waals surface area contributed by atoms with Crippen molar-refractivity contribution < 1.29 is 19.1 Å². The molecule has 4 aliphatic carbocycles. The summed E-state index contributed by atoms with van der Waals surface area (Å²) in [6.45, 7) is 6.35. The average Bonchev–Trinajstić information content (AvgIpc) is 3.32. The summed E-state index contributed by atoms with van der Waals surface area (Å²) in [6, 6.07) is 0.0300. The minimum absolute atomic E-state index is 0.0272. The highest BCUT2D eigenvalue weighted by Gasteiger charge is 2.61. The van der Waals surface area contributed by atoms with Crippen LogP contribution in [-0.2, 0) is 27.3 Å². The lowest BCUT2D eigenvalue weighted by Gasteiger charge is -2.37. The van der Waals surface area contributed by atoms with E-state index in [0.717, 1.165) is 46.5 Å². The van der Waals surface area contributed by atoms with Gasteiger partial charge in [-0.15, -0.1) is 11.3 Å². The summed E-state index contributed by atoms with van der Waals surface area (Å²) in [5, 5.41) is 4.05. The molecular weight excluding hydrogens is 412 g/mol. The van der Waals surface area contributed by atoms with Gasteiger partial charge in [-0.3, -0.25) is 9.59 Å². The van der Waals surface area contributed by atoms with Crippen molar-refractivity contribution in [3.63, 3.8) is 0 Å². The largest absolute Gasteiger partial charge is 0.376 e. The van der Waals surface area contributed by atoms with E-state index in [-0.39, 0.29) is 29.4 Å². The molecular formula is C24H32N2O4S. The molecule has 0 radical (unpaired) electrons. The first-order valence-electron chi connectivity index (χ1n) is 11.9. The van der Waals surface area contributed by atoms with Crippen molar-refractivity contribution in [1.29, 1.82) is 0 Å². The zero-order valence-corrected chi connectivity index (χ0v) is 19.3. The molecule has 6 aliphatic rings. The van der Waals surface area contributed by atoms with E-state index in [2.05, 4.69) is 5.32 Å². The third-order valence-corrected chi connectivity index (χ3v) is 9.69. The molecule has 31 heavy (non-hydrogen) atoms. The standard InChI is InChI=1S/C24H32N2O4S/c1-13-11-30-14(2)10-26(13)22(27)20-18-3-4-29-12-19(18)31-21(20)25-23(28)24-8-15-5-16(9-24)7-17(24)6-15/h13-17H,3-12H2,1-2H3,(H,25,28). The molecule has 4 saturated carbocycles.